The number of halogens is 6. The molecule has 0 fully saturated rings. The molecule has 0 spiro atoms. The molecule has 3 aromatic rings. The van der Waals surface area contributed by atoms with E-state index in [1.165, 1.54) is 0 Å². The molecule has 0 bridgehead atoms. The van der Waals surface area contributed by atoms with Gasteiger partial charge >= 0.3 is 0 Å². The third kappa shape index (κ3) is 6.13. The molecule has 0 aliphatic heterocycles. The number of benzene rings is 2. The van der Waals surface area contributed by atoms with Gasteiger partial charge in [0.1, 0.15) is 5.75 Å². The summed E-state index contributed by atoms with van der Waals surface area (Å²) in [5.41, 5.74) is 2.65. The molecule has 0 aliphatic carbocycles. The number of aromatic nitrogens is 3. The average Bonchev–Trinajstić information content (AvgIpc) is 2.71. The SMILES string of the molecule is COc1ccc(/C=C/c2ccc(-c3nc(C(Cl)(Cl)Cl)nc(C(Cl)(Cl)Cl)n3)cc2)cc1. The maximum atomic E-state index is 5.92. The second-order valence-corrected chi connectivity index (χ2v) is 10.6. The third-order valence-electron chi connectivity index (χ3n) is 3.90. The molecule has 1 aromatic heterocycles. The Hall–Kier alpha value is -1.27. The predicted molar refractivity (Wildman–Crippen MR) is 126 cm³/mol. The van der Waals surface area contributed by atoms with E-state index in [4.69, 9.17) is 74.3 Å². The van der Waals surface area contributed by atoms with E-state index in [2.05, 4.69) is 15.0 Å². The van der Waals surface area contributed by atoms with Crippen molar-refractivity contribution in [2.45, 2.75) is 7.59 Å². The lowest BCUT2D eigenvalue weighted by Crippen LogP contribution is -2.16. The first-order valence-electron chi connectivity index (χ1n) is 8.39. The molecule has 0 saturated carbocycles. The Morgan fingerprint density at radius 2 is 1.10 bits per heavy atom. The van der Waals surface area contributed by atoms with Crippen molar-refractivity contribution in [3.63, 3.8) is 0 Å². The van der Waals surface area contributed by atoms with Gasteiger partial charge in [-0.25, -0.2) is 15.0 Å². The summed E-state index contributed by atoms with van der Waals surface area (Å²) in [6, 6.07) is 15.1. The van der Waals surface area contributed by atoms with Crippen molar-refractivity contribution >= 4 is 81.8 Å². The summed E-state index contributed by atoms with van der Waals surface area (Å²) in [5, 5.41) is 0. The first-order chi connectivity index (χ1) is 14.1. The highest BCUT2D eigenvalue weighted by Gasteiger charge is 2.33. The van der Waals surface area contributed by atoms with Gasteiger partial charge in [-0.05, 0) is 23.3 Å². The fourth-order valence-electron chi connectivity index (χ4n) is 2.41. The Labute approximate surface area is 203 Å². The van der Waals surface area contributed by atoms with Gasteiger partial charge < -0.3 is 4.74 Å². The van der Waals surface area contributed by atoms with Crippen LogP contribution in [-0.4, -0.2) is 22.1 Å². The zero-order valence-corrected chi connectivity index (χ0v) is 19.8. The fourth-order valence-corrected chi connectivity index (χ4v) is 2.92. The average molecular weight is 524 g/mol. The zero-order chi connectivity index (χ0) is 21.9. The van der Waals surface area contributed by atoms with Gasteiger partial charge in [0.25, 0.3) is 0 Å². The van der Waals surface area contributed by atoms with Crippen LogP contribution in [0.5, 0.6) is 5.75 Å². The van der Waals surface area contributed by atoms with Gasteiger partial charge in [-0.3, -0.25) is 0 Å². The topological polar surface area (TPSA) is 47.9 Å². The van der Waals surface area contributed by atoms with Crippen molar-refractivity contribution in [2.75, 3.05) is 7.11 Å². The van der Waals surface area contributed by atoms with Crippen molar-refractivity contribution in [3.8, 4) is 17.1 Å². The summed E-state index contributed by atoms with van der Waals surface area (Å²) in [4.78, 5) is 12.4. The van der Waals surface area contributed by atoms with Crippen molar-refractivity contribution in [3.05, 3.63) is 71.3 Å². The molecule has 0 amide bonds. The van der Waals surface area contributed by atoms with Crippen LogP contribution >= 0.6 is 69.6 Å². The fraction of sp³-hybridized carbons (Fsp3) is 0.150. The molecule has 156 valence electrons. The van der Waals surface area contributed by atoms with Gasteiger partial charge in [-0.2, -0.15) is 0 Å². The van der Waals surface area contributed by atoms with Crippen molar-refractivity contribution in [1.82, 2.24) is 15.0 Å². The minimum absolute atomic E-state index is 0.137. The lowest BCUT2D eigenvalue weighted by molar-refractivity contribution is 0.415. The van der Waals surface area contributed by atoms with Gasteiger partial charge in [-0.1, -0.05) is 118 Å². The van der Waals surface area contributed by atoms with E-state index in [0.29, 0.717) is 5.56 Å². The second kappa shape index (κ2) is 9.47. The van der Waals surface area contributed by atoms with Crippen molar-refractivity contribution < 1.29 is 4.74 Å². The van der Waals surface area contributed by atoms with Crippen molar-refractivity contribution in [2.24, 2.45) is 0 Å². The molecular formula is C20H13Cl6N3O. The molecule has 3 rings (SSSR count). The minimum Gasteiger partial charge on any atom is -0.497 e. The van der Waals surface area contributed by atoms with Gasteiger partial charge in [0, 0.05) is 5.56 Å². The van der Waals surface area contributed by atoms with Gasteiger partial charge in [-0.15, -0.1) is 0 Å². The Bertz CT molecular complexity index is 1010. The molecular weight excluding hydrogens is 511 g/mol. The quantitative estimate of drug-likeness (QED) is 0.264. The summed E-state index contributed by atoms with van der Waals surface area (Å²) < 4.78 is 1.36. The standard InChI is InChI=1S/C20H13Cl6N3O/c1-30-15-10-6-13(7-11-15)3-2-12-4-8-14(9-5-12)16-27-17(19(21,22)23)29-18(28-16)20(24,25)26/h2-11H,1H3/b3-2+. The van der Waals surface area contributed by atoms with Crippen LogP contribution in [0, 0.1) is 0 Å². The predicted octanol–water partition coefficient (Wildman–Crippen LogP) is 7.37. The summed E-state index contributed by atoms with van der Waals surface area (Å²) in [5.74, 6) is 0.750. The maximum Gasteiger partial charge on any atom is 0.250 e. The molecule has 0 saturated heterocycles. The van der Waals surface area contributed by atoms with Crippen LogP contribution in [0.2, 0.25) is 0 Å². The van der Waals surface area contributed by atoms with E-state index in [1.807, 2.05) is 60.7 Å². The summed E-state index contributed by atoms with van der Waals surface area (Å²) in [6.45, 7) is 0. The first-order valence-corrected chi connectivity index (χ1v) is 10.7. The Morgan fingerprint density at radius 3 is 1.50 bits per heavy atom. The van der Waals surface area contributed by atoms with Crippen molar-refractivity contribution in [1.29, 1.82) is 0 Å². The highest BCUT2D eigenvalue weighted by atomic mass is 35.6. The highest BCUT2D eigenvalue weighted by Crippen LogP contribution is 2.40. The van der Waals surface area contributed by atoms with E-state index >= 15 is 0 Å². The molecule has 30 heavy (non-hydrogen) atoms. The number of rotatable bonds is 4. The molecule has 0 aliphatic rings. The summed E-state index contributed by atoms with van der Waals surface area (Å²) in [6.07, 6.45) is 3.96. The Kier molecular flexibility index (Phi) is 7.39. The molecule has 0 atom stereocenters. The third-order valence-corrected chi connectivity index (χ3v) is 4.91. The van der Waals surface area contributed by atoms with E-state index in [9.17, 15) is 0 Å². The van der Waals surface area contributed by atoms with Gasteiger partial charge in [0.2, 0.25) is 7.59 Å². The van der Waals surface area contributed by atoms with Crippen LogP contribution in [0.15, 0.2) is 48.5 Å². The molecule has 2 aromatic carbocycles. The lowest BCUT2D eigenvalue weighted by atomic mass is 10.1. The molecule has 0 radical (unpaired) electrons. The normalized spacial score (nSPS) is 12.4. The smallest absolute Gasteiger partial charge is 0.250 e. The highest BCUT2D eigenvalue weighted by molar-refractivity contribution is 6.67. The summed E-state index contributed by atoms with van der Waals surface area (Å²) in [7, 11) is 1.63. The lowest BCUT2D eigenvalue weighted by Gasteiger charge is -2.15. The number of alkyl halides is 6. The number of methoxy groups -OCH3 is 1. The second-order valence-electron chi connectivity index (χ2n) is 6.03. The molecule has 0 unspecified atom stereocenters. The monoisotopic (exact) mass is 521 g/mol. The molecule has 1 heterocycles. The van der Waals surface area contributed by atoms with Crippen LogP contribution in [0.1, 0.15) is 22.8 Å². The largest absolute Gasteiger partial charge is 0.497 e. The van der Waals surface area contributed by atoms with Crippen LogP contribution in [0.3, 0.4) is 0 Å². The van der Waals surface area contributed by atoms with E-state index in [1.54, 1.807) is 7.11 Å². The van der Waals surface area contributed by atoms with Crippen LogP contribution in [0.25, 0.3) is 23.5 Å². The minimum atomic E-state index is -1.90. The van der Waals surface area contributed by atoms with Crippen LogP contribution in [-0.2, 0) is 7.59 Å². The van der Waals surface area contributed by atoms with Gasteiger partial charge in [0.05, 0.1) is 7.11 Å². The molecule has 0 N–H and O–H groups in total. The van der Waals surface area contributed by atoms with E-state index in [-0.39, 0.29) is 17.5 Å². The number of nitrogens with zero attached hydrogens (tertiary/aromatic N) is 3. The summed E-state index contributed by atoms with van der Waals surface area (Å²) >= 11 is 35.5. The molecule has 4 nitrogen and oxygen atoms in total. The number of hydrogen-bond donors (Lipinski definition) is 0. The van der Waals surface area contributed by atoms with E-state index in [0.717, 1.165) is 16.9 Å². The Morgan fingerprint density at radius 1 is 0.667 bits per heavy atom. The van der Waals surface area contributed by atoms with Crippen LogP contribution < -0.4 is 4.74 Å². The zero-order valence-electron chi connectivity index (χ0n) is 15.3. The molecule has 10 heteroatoms. The Balaban J connectivity index is 1.89. The number of ether oxygens (including phenoxy) is 1. The first kappa shape index (κ1) is 23.4. The maximum absolute atomic E-state index is 5.92. The van der Waals surface area contributed by atoms with Gasteiger partial charge in [0.15, 0.2) is 17.5 Å². The van der Waals surface area contributed by atoms with E-state index < -0.39 is 7.59 Å². The van der Waals surface area contributed by atoms with Crippen LogP contribution in [0.4, 0.5) is 0 Å². The number of hydrogen-bond acceptors (Lipinski definition) is 4.